The molecular formula is C10H16N2O3S2. The summed E-state index contributed by atoms with van der Waals surface area (Å²) in [7, 11) is -2.12. The molecule has 0 bridgehead atoms. The largest absolute Gasteiger partial charge is 0.355 e. The number of hydrogen-bond donors (Lipinski definition) is 1. The van der Waals surface area contributed by atoms with Crippen LogP contribution < -0.4 is 5.32 Å². The molecule has 1 N–H and O–H groups in total. The van der Waals surface area contributed by atoms with Gasteiger partial charge in [-0.05, 0) is 17.9 Å². The highest BCUT2D eigenvalue weighted by atomic mass is 32.2. The van der Waals surface area contributed by atoms with Crippen LogP contribution in [0.5, 0.6) is 0 Å². The Morgan fingerprint density at radius 2 is 2.24 bits per heavy atom. The average molecular weight is 276 g/mol. The van der Waals surface area contributed by atoms with Crippen LogP contribution in [0.1, 0.15) is 13.3 Å². The monoisotopic (exact) mass is 276 g/mol. The van der Waals surface area contributed by atoms with Gasteiger partial charge in [-0.3, -0.25) is 4.79 Å². The van der Waals surface area contributed by atoms with Gasteiger partial charge in [0.2, 0.25) is 5.91 Å². The van der Waals surface area contributed by atoms with E-state index in [1.54, 1.807) is 11.4 Å². The van der Waals surface area contributed by atoms with E-state index in [1.165, 1.54) is 13.1 Å². The maximum absolute atomic E-state index is 12.0. The zero-order valence-electron chi connectivity index (χ0n) is 9.84. The first-order valence-corrected chi connectivity index (χ1v) is 7.57. The van der Waals surface area contributed by atoms with Gasteiger partial charge < -0.3 is 5.32 Å². The van der Waals surface area contributed by atoms with E-state index in [9.17, 15) is 13.2 Å². The molecule has 1 aromatic rings. The molecule has 1 amide bonds. The van der Waals surface area contributed by atoms with E-state index in [0.29, 0.717) is 6.54 Å². The van der Waals surface area contributed by atoms with Crippen molar-refractivity contribution in [2.75, 3.05) is 20.1 Å². The molecule has 1 heterocycles. The third kappa shape index (κ3) is 3.79. The molecule has 0 aromatic carbocycles. The molecule has 0 aliphatic rings. The molecule has 0 saturated carbocycles. The van der Waals surface area contributed by atoms with Gasteiger partial charge >= 0.3 is 0 Å². The predicted octanol–water partition coefficient (Wildman–Crippen LogP) is 0.895. The van der Waals surface area contributed by atoms with Crippen LogP contribution in [0.2, 0.25) is 0 Å². The second-order valence-electron chi connectivity index (χ2n) is 3.54. The van der Waals surface area contributed by atoms with Crippen molar-refractivity contribution in [3.8, 4) is 0 Å². The topological polar surface area (TPSA) is 66.5 Å². The Kier molecular flexibility index (Phi) is 5.10. The average Bonchev–Trinajstić information content (AvgIpc) is 2.80. The summed E-state index contributed by atoms with van der Waals surface area (Å²) in [5.41, 5.74) is 0. The quantitative estimate of drug-likeness (QED) is 0.839. The number of thiophene rings is 1. The number of rotatable bonds is 6. The summed E-state index contributed by atoms with van der Waals surface area (Å²) in [6, 6.07) is 3.20. The number of carbonyl (C=O) groups is 1. The summed E-state index contributed by atoms with van der Waals surface area (Å²) in [6.45, 7) is 2.35. The van der Waals surface area contributed by atoms with E-state index < -0.39 is 10.0 Å². The molecule has 0 radical (unpaired) electrons. The summed E-state index contributed by atoms with van der Waals surface area (Å²) in [4.78, 5) is 11.4. The zero-order chi connectivity index (χ0) is 12.9. The highest BCUT2D eigenvalue weighted by molar-refractivity contribution is 7.91. The van der Waals surface area contributed by atoms with Crippen molar-refractivity contribution < 1.29 is 13.2 Å². The molecule has 1 aromatic heterocycles. The first-order chi connectivity index (χ1) is 7.98. The van der Waals surface area contributed by atoms with Gasteiger partial charge in [-0.2, -0.15) is 4.31 Å². The molecule has 17 heavy (non-hydrogen) atoms. The summed E-state index contributed by atoms with van der Waals surface area (Å²) in [5.74, 6) is -0.283. The van der Waals surface area contributed by atoms with Crippen molar-refractivity contribution in [1.82, 2.24) is 9.62 Å². The minimum absolute atomic E-state index is 0.153. The second-order valence-corrected chi connectivity index (χ2v) is 6.76. The van der Waals surface area contributed by atoms with Gasteiger partial charge in [0.1, 0.15) is 4.21 Å². The number of likely N-dealkylation sites (N-methyl/N-ethyl adjacent to an activating group) is 1. The fraction of sp³-hybridized carbons (Fsp3) is 0.500. The third-order valence-corrected chi connectivity index (χ3v) is 5.27. The molecule has 0 fully saturated rings. The SMILES string of the molecule is CCCNC(=O)CN(C)S(=O)(=O)c1cccs1. The molecule has 0 unspecified atom stereocenters. The van der Waals surface area contributed by atoms with Crippen LogP contribution in [0.3, 0.4) is 0 Å². The number of carbonyl (C=O) groups excluding carboxylic acids is 1. The van der Waals surface area contributed by atoms with Crippen LogP contribution in [-0.2, 0) is 14.8 Å². The fourth-order valence-corrected chi connectivity index (χ4v) is 3.50. The van der Waals surface area contributed by atoms with Crippen molar-refractivity contribution in [2.24, 2.45) is 0 Å². The summed E-state index contributed by atoms with van der Waals surface area (Å²) >= 11 is 1.14. The molecule has 5 nitrogen and oxygen atoms in total. The van der Waals surface area contributed by atoms with Crippen LogP contribution in [0.25, 0.3) is 0 Å². The Labute approximate surface area is 105 Å². The van der Waals surface area contributed by atoms with Gasteiger partial charge in [0.05, 0.1) is 6.54 Å². The maximum Gasteiger partial charge on any atom is 0.252 e. The van der Waals surface area contributed by atoms with Gasteiger partial charge in [-0.25, -0.2) is 8.42 Å². The lowest BCUT2D eigenvalue weighted by Gasteiger charge is -2.15. The van der Waals surface area contributed by atoms with E-state index >= 15 is 0 Å². The van der Waals surface area contributed by atoms with Gasteiger partial charge in [0, 0.05) is 13.6 Å². The molecule has 0 aliphatic carbocycles. The molecular weight excluding hydrogens is 260 g/mol. The highest BCUT2D eigenvalue weighted by Crippen LogP contribution is 2.19. The second kappa shape index (κ2) is 6.13. The van der Waals surface area contributed by atoms with Crippen molar-refractivity contribution in [2.45, 2.75) is 17.6 Å². The molecule has 0 atom stereocenters. The van der Waals surface area contributed by atoms with Crippen molar-refractivity contribution in [1.29, 1.82) is 0 Å². The van der Waals surface area contributed by atoms with Crippen molar-refractivity contribution in [3.63, 3.8) is 0 Å². The Balaban J connectivity index is 2.64. The Hall–Kier alpha value is -0.920. The minimum Gasteiger partial charge on any atom is -0.355 e. The Morgan fingerprint density at radius 3 is 2.76 bits per heavy atom. The smallest absolute Gasteiger partial charge is 0.252 e. The lowest BCUT2D eigenvalue weighted by molar-refractivity contribution is -0.121. The van der Waals surface area contributed by atoms with Gasteiger partial charge in [0.15, 0.2) is 0 Å². The molecule has 0 aliphatic heterocycles. The number of nitrogens with one attached hydrogen (secondary N) is 1. The number of hydrogen-bond acceptors (Lipinski definition) is 4. The maximum atomic E-state index is 12.0. The normalized spacial score (nSPS) is 11.7. The molecule has 96 valence electrons. The summed E-state index contributed by atoms with van der Waals surface area (Å²) in [5, 5.41) is 4.33. The Morgan fingerprint density at radius 1 is 1.53 bits per heavy atom. The summed E-state index contributed by atoms with van der Waals surface area (Å²) < 4.78 is 25.2. The van der Waals surface area contributed by atoms with E-state index in [0.717, 1.165) is 22.1 Å². The summed E-state index contributed by atoms with van der Waals surface area (Å²) in [6.07, 6.45) is 0.827. The van der Waals surface area contributed by atoms with E-state index in [1.807, 2.05) is 6.92 Å². The highest BCUT2D eigenvalue weighted by Gasteiger charge is 2.23. The first-order valence-electron chi connectivity index (χ1n) is 5.25. The molecule has 7 heteroatoms. The molecule has 0 spiro atoms. The molecule has 1 rings (SSSR count). The minimum atomic E-state index is -3.52. The number of amides is 1. The fourth-order valence-electron chi connectivity index (χ4n) is 1.17. The van der Waals surface area contributed by atoms with Crippen molar-refractivity contribution in [3.05, 3.63) is 17.5 Å². The number of nitrogens with zero attached hydrogens (tertiary/aromatic N) is 1. The van der Waals surface area contributed by atoms with Crippen LogP contribution >= 0.6 is 11.3 Å². The van der Waals surface area contributed by atoms with E-state index in [4.69, 9.17) is 0 Å². The van der Waals surface area contributed by atoms with Crippen LogP contribution in [-0.4, -0.2) is 38.8 Å². The zero-order valence-corrected chi connectivity index (χ0v) is 11.5. The van der Waals surface area contributed by atoms with Gasteiger partial charge in [0.25, 0.3) is 10.0 Å². The van der Waals surface area contributed by atoms with Crippen LogP contribution in [0.4, 0.5) is 0 Å². The van der Waals surface area contributed by atoms with Crippen molar-refractivity contribution >= 4 is 27.3 Å². The van der Waals surface area contributed by atoms with E-state index in [-0.39, 0.29) is 16.7 Å². The lowest BCUT2D eigenvalue weighted by atomic mass is 10.4. The van der Waals surface area contributed by atoms with Gasteiger partial charge in [-0.1, -0.05) is 13.0 Å². The molecule has 0 saturated heterocycles. The Bertz CT molecular complexity index is 454. The van der Waals surface area contributed by atoms with E-state index in [2.05, 4.69) is 5.32 Å². The van der Waals surface area contributed by atoms with Crippen LogP contribution in [0.15, 0.2) is 21.7 Å². The van der Waals surface area contributed by atoms with Gasteiger partial charge in [-0.15, -0.1) is 11.3 Å². The van der Waals surface area contributed by atoms with Crippen LogP contribution in [0, 0.1) is 0 Å². The standard InChI is InChI=1S/C10H16N2O3S2/c1-3-6-11-9(13)8-12(2)17(14,15)10-5-4-7-16-10/h4-5,7H,3,6,8H2,1-2H3,(H,11,13). The third-order valence-electron chi connectivity index (χ3n) is 2.10. The first kappa shape index (κ1) is 14.1. The predicted molar refractivity (Wildman–Crippen MR) is 67.4 cm³/mol. The number of sulfonamides is 1. The lowest BCUT2D eigenvalue weighted by Crippen LogP contribution is -2.38.